The van der Waals surface area contributed by atoms with Gasteiger partial charge in [-0.2, -0.15) is 5.26 Å². The second kappa shape index (κ2) is 3.99. The lowest BCUT2D eigenvalue weighted by atomic mass is 10.0. The summed E-state index contributed by atoms with van der Waals surface area (Å²) in [6.07, 6.45) is 0. The molecule has 2 nitrogen and oxygen atoms in total. The Morgan fingerprint density at radius 2 is 2.23 bits per heavy atom. The lowest BCUT2D eigenvalue weighted by Crippen LogP contribution is -1.90. The van der Waals surface area contributed by atoms with Gasteiger partial charge in [-0.1, -0.05) is 17.7 Å². The Hall–Kier alpha value is -0.720. The molecule has 0 aliphatic heterocycles. The zero-order valence-corrected chi connectivity index (χ0v) is 9.22. The first-order valence-corrected chi connectivity index (χ1v) is 4.81. The van der Waals surface area contributed by atoms with Gasteiger partial charge < -0.3 is 5.11 Å². The van der Waals surface area contributed by atoms with Crippen LogP contribution in [0.3, 0.4) is 0 Å². The first-order chi connectivity index (χ1) is 6.07. The van der Waals surface area contributed by atoms with Crippen LogP contribution in [0.1, 0.15) is 18.4 Å². The molecule has 1 N–H and O–H groups in total. The molecular weight excluding hydrogens is 253 g/mol. The molecule has 0 aromatic heterocycles. The molecule has 0 fully saturated rings. The van der Waals surface area contributed by atoms with Crippen LogP contribution in [0, 0.1) is 11.3 Å². The number of aromatic hydroxyl groups is 1. The lowest BCUT2D eigenvalue weighted by molar-refractivity contribution is 0.467. The van der Waals surface area contributed by atoms with Crippen LogP contribution in [0.15, 0.2) is 16.6 Å². The summed E-state index contributed by atoms with van der Waals surface area (Å²) in [5, 5.41) is 18.5. The normalized spacial score (nSPS) is 12.2. The summed E-state index contributed by atoms with van der Waals surface area (Å²) in [6, 6.07) is 5.43. The second-order valence-electron chi connectivity index (χ2n) is 2.65. The Kier molecular flexibility index (Phi) is 3.18. The molecule has 4 heteroatoms. The third kappa shape index (κ3) is 1.96. The predicted molar refractivity (Wildman–Crippen MR) is 54.8 cm³/mol. The van der Waals surface area contributed by atoms with E-state index in [-0.39, 0.29) is 16.7 Å². The van der Waals surface area contributed by atoms with E-state index < -0.39 is 0 Å². The van der Waals surface area contributed by atoms with Gasteiger partial charge in [0.1, 0.15) is 5.75 Å². The minimum atomic E-state index is -0.356. The number of nitriles is 1. The van der Waals surface area contributed by atoms with E-state index >= 15 is 0 Å². The molecule has 1 aromatic rings. The minimum absolute atomic E-state index is 0.0231. The van der Waals surface area contributed by atoms with E-state index in [1.54, 1.807) is 19.1 Å². The summed E-state index contributed by atoms with van der Waals surface area (Å²) >= 11 is 8.95. The molecule has 0 saturated heterocycles. The molecule has 0 radical (unpaired) electrons. The summed E-state index contributed by atoms with van der Waals surface area (Å²) in [5.41, 5.74) is 0.552. The van der Waals surface area contributed by atoms with Gasteiger partial charge in [-0.3, -0.25) is 0 Å². The van der Waals surface area contributed by atoms with E-state index in [4.69, 9.17) is 16.9 Å². The number of phenolic OH excluding ortho intramolecular Hbond substituents is 1. The maximum Gasteiger partial charge on any atom is 0.139 e. The van der Waals surface area contributed by atoms with Gasteiger partial charge in [0.25, 0.3) is 0 Å². The molecule has 0 saturated carbocycles. The fourth-order valence-corrected chi connectivity index (χ4v) is 1.47. The van der Waals surface area contributed by atoms with Gasteiger partial charge in [0.05, 0.1) is 17.0 Å². The van der Waals surface area contributed by atoms with Gasteiger partial charge in [-0.25, -0.2) is 0 Å². The van der Waals surface area contributed by atoms with Crippen molar-refractivity contribution in [3.8, 4) is 11.8 Å². The summed E-state index contributed by atoms with van der Waals surface area (Å²) in [6.45, 7) is 1.71. The largest absolute Gasteiger partial charge is 0.506 e. The molecule has 13 heavy (non-hydrogen) atoms. The van der Waals surface area contributed by atoms with Crippen molar-refractivity contribution in [1.82, 2.24) is 0 Å². The topological polar surface area (TPSA) is 44.0 Å². The van der Waals surface area contributed by atoms with Crippen LogP contribution in [-0.4, -0.2) is 5.11 Å². The standard InChI is InChI=1S/C9H7BrClNO/c1-5(4-12)6-2-3-7(10)8(11)9(6)13/h2-3,5,13H,1H3. The SMILES string of the molecule is CC(C#N)c1ccc(Br)c(Cl)c1O. The number of rotatable bonds is 1. The van der Waals surface area contributed by atoms with Gasteiger partial charge in [-0.15, -0.1) is 0 Å². The summed E-state index contributed by atoms with van der Waals surface area (Å²) in [7, 11) is 0. The van der Waals surface area contributed by atoms with Crippen LogP contribution in [-0.2, 0) is 0 Å². The van der Waals surface area contributed by atoms with Gasteiger partial charge >= 0.3 is 0 Å². The van der Waals surface area contributed by atoms with Crippen molar-refractivity contribution in [1.29, 1.82) is 5.26 Å². The highest BCUT2D eigenvalue weighted by Gasteiger charge is 2.13. The molecule has 0 amide bonds. The van der Waals surface area contributed by atoms with Crippen molar-refractivity contribution in [2.75, 3.05) is 0 Å². The highest BCUT2D eigenvalue weighted by Crippen LogP contribution is 2.37. The van der Waals surface area contributed by atoms with Crippen LogP contribution >= 0.6 is 27.5 Å². The molecule has 1 atom stereocenters. The average molecular weight is 261 g/mol. The number of benzene rings is 1. The Morgan fingerprint density at radius 3 is 2.77 bits per heavy atom. The maximum absolute atomic E-state index is 9.57. The number of phenols is 1. The zero-order chi connectivity index (χ0) is 10.0. The number of halogens is 2. The summed E-state index contributed by atoms with van der Waals surface area (Å²) in [5.74, 6) is -0.379. The average Bonchev–Trinajstić information content (AvgIpc) is 2.13. The molecule has 0 aliphatic rings. The summed E-state index contributed by atoms with van der Waals surface area (Å²) < 4.78 is 0.626. The first kappa shape index (κ1) is 10.4. The van der Waals surface area contributed by atoms with Crippen molar-refractivity contribution in [2.24, 2.45) is 0 Å². The number of nitrogens with zero attached hydrogens (tertiary/aromatic N) is 1. The molecule has 0 aliphatic carbocycles. The third-order valence-corrected chi connectivity index (χ3v) is 3.03. The van der Waals surface area contributed by atoms with Crippen LogP contribution in [0.2, 0.25) is 5.02 Å². The molecule has 68 valence electrons. The van der Waals surface area contributed by atoms with Gasteiger partial charge in [0.15, 0.2) is 0 Å². The lowest BCUT2D eigenvalue weighted by Gasteiger charge is -2.08. The molecule has 0 heterocycles. The molecule has 1 unspecified atom stereocenters. The van der Waals surface area contributed by atoms with Crippen molar-refractivity contribution in [3.05, 3.63) is 27.2 Å². The fraction of sp³-hybridized carbons (Fsp3) is 0.222. The van der Waals surface area contributed by atoms with E-state index in [0.29, 0.717) is 10.0 Å². The quantitative estimate of drug-likeness (QED) is 0.840. The monoisotopic (exact) mass is 259 g/mol. The minimum Gasteiger partial charge on any atom is -0.506 e. The van der Waals surface area contributed by atoms with E-state index in [1.165, 1.54) is 0 Å². The van der Waals surface area contributed by atoms with Gasteiger partial charge in [0, 0.05) is 10.0 Å². The van der Waals surface area contributed by atoms with E-state index in [9.17, 15) is 5.11 Å². The van der Waals surface area contributed by atoms with Crippen molar-refractivity contribution >= 4 is 27.5 Å². The Morgan fingerprint density at radius 1 is 1.62 bits per heavy atom. The van der Waals surface area contributed by atoms with E-state index in [1.807, 2.05) is 6.07 Å². The number of hydrogen-bond acceptors (Lipinski definition) is 2. The van der Waals surface area contributed by atoms with Crippen molar-refractivity contribution < 1.29 is 5.11 Å². The third-order valence-electron chi connectivity index (χ3n) is 1.76. The van der Waals surface area contributed by atoms with Crippen LogP contribution in [0.4, 0.5) is 0 Å². The molecule has 1 rings (SSSR count). The summed E-state index contributed by atoms with van der Waals surface area (Å²) in [4.78, 5) is 0. The van der Waals surface area contributed by atoms with Crippen LogP contribution in [0.5, 0.6) is 5.75 Å². The Bertz CT molecular complexity index is 373. The predicted octanol–water partition coefficient (Wildman–Crippen LogP) is 3.44. The molecule has 0 spiro atoms. The van der Waals surface area contributed by atoms with Gasteiger partial charge in [0.2, 0.25) is 0 Å². The van der Waals surface area contributed by atoms with E-state index in [0.717, 1.165) is 0 Å². The second-order valence-corrected chi connectivity index (χ2v) is 3.88. The smallest absolute Gasteiger partial charge is 0.139 e. The van der Waals surface area contributed by atoms with Crippen LogP contribution < -0.4 is 0 Å². The Labute approximate surface area is 89.9 Å². The highest BCUT2D eigenvalue weighted by molar-refractivity contribution is 9.10. The zero-order valence-electron chi connectivity index (χ0n) is 6.88. The van der Waals surface area contributed by atoms with Gasteiger partial charge in [-0.05, 0) is 28.9 Å². The van der Waals surface area contributed by atoms with E-state index in [2.05, 4.69) is 15.9 Å². The fourth-order valence-electron chi connectivity index (χ4n) is 0.974. The number of hydrogen-bond donors (Lipinski definition) is 1. The Balaban J connectivity index is 3.28. The van der Waals surface area contributed by atoms with Crippen molar-refractivity contribution in [3.63, 3.8) is 0 Å². The molecular formula is C9H7BrClNO. The molecule has 0 bridgehead atoms. The first-order valence-electron chi connectivity index (χ1n) is 3.64. The maximum atomic E-state index is 9.57. The van der Waals surface area contributed by atoms with Crippen LogP contribution in [0.25, 0.3) is 0 Å². The van der Waals surface area contributed by atoms with Crippen molar-refractivity contribution in [2.45, 2.75) is 12.8 Å². The molecule has 1 aromatic carbocycles. The highest BCUT2D eigenvalue weighted by atomic mass is 79.9.